The lowest BCUT2D eigenvalue weighted by molar-refractivity contribution is 0.0948. The summed E-state index contributed by atoms with van der Waals surface area (Å²) in [7, 11) is 2.18. The van der Waals surface area contributed by atoms with Crippen LogP contribution in [0.3, 0.4) is 0 Å². The second-order valence-electron chi connectivity index (χ2n) is 7.74. The Morgan fingerprint density at radius 2 is 1.85 bits per heavy atom. The van der Waals surface area contributed by atoms with Gasteiger partial charge in [-0.2, -0.15) is 0 Å². The Kier molecular flexibility index (Phi) is 5.95. The maximum atomic E-state index is 13.0. The third kappa shape index (κ3) is 4.28. The molecule has 0 atom stereocenters. The van der Waals surface area contributed by atoms with E-state index in [0.29, 0.717) is 0 Å². The predicted octanol–water partition coefficient (Wildman–Crippen LogP) is 2.78. The van der Waals surface area contributed by atoms with Gasteiger partial charge in [0.2, 0.25) is 0 Å². The summed E-state index contributed by atoms with van der Waals surface area (Å²) >= 11 is 1.80. The molecular formula is C21H30N4OS. The Morgan fingerprint density at radius 1 is 1.11 bits per heavy atom. The van der Waals surface area contributed by atoms with Gasteiger partial charge in [-0.05, 0) is 63.4 Å². The first kappa shape index (κ1) is 18.7. The van der Waals surface area contributed by atoms with E-state index in [0.717, 1.165) is 69.1 Å². The van der Waals surface area contributed by atoms with Crippen LogP contribution in [0.2, 0.25) is 0 Å². The van der Waals surface area contributed by atoms with Gasteiger partial charge in [0.15, 0.2) is 0 Å². The van der Waals surface area contributed by atoms with Gasteiger partial charge in [-0.15, -0.1) is 11.3 Å². The van der Waals surface area contributed by atoms with Gasteiger partial charge in [0.25, 0.3) is 5.91 Å². The molecule has 0 unspecified atom stereocenters. The molecule has 1 aliphatic carbocycles. The van der Waals surface area contributed by atoms with Crippen molar-refractivity contribution in [1.82, 2.24) is 19.7 Å². The van der Waals surface area contributed by atoms with Crippen LogP contribution in [0.15, 0.2) is 24.5 Å². The number of hydrogen-bond acceptors (Lipinski definition) is 4. The molecule has 2 aliphatic rings. The topological polar surface area (TPSA) is 40.5 Å². The number of likely N-dealkylation sites (N-methyl/N-ethyl adjacent to an activating group) is 1. The Labute approximate surface area is 166 Å². The molecule has 0 spiro atoms. The highest BCUT2D eigenvalue weighted by Gasteiger charge is 2.26. The molecule has 2 aromatic rings. The summed E-state index contributed by atoms with van der Waals surface area (Å²) < 4.78 is 2.10. The summed E-state index contributed by atoms with van der Waals surface area (Å²) in [6, 6.07) is 4.05. The van der Waals surface area contributed by atoms with Crippen molar-refractivity contribution < 1.29 is 4.79 Å². The van der Waals surface area contributed by atoms with Crippen LogP contribution in [-0.2, 0) is 12.8 Å². The molecule has 0 bridgehead atoms. The Hall–Kier alpha value is -1.63. The van der Waals surface area contributed by atoms with Crippen LogP contribution in [0, 0.1) is 0 Å². The number of aryl methyl sites for hydroxylation is 1. The van der Waals surface area contributed by atoms with Crippen LogP contribution in [0.1, 0.15) is 40.1 Å². The van der Waals surface area contributed by atoms with Crippen molar-refractivity contribution >= 4 is 17.2 Å². The van der Waals surface area contributed by atoms with Crippen LogP contribution < -0.4 is 5.32 Å². The summed E-state index contributed by atoms with van der Waals surface area (Å²) in [6.07, 6.45) is 9.69. The van der Waals surface area contributed by atoms with E-state index in [-0.39, 0.29) is 5.91 Å². The predicted molar refractivity (Wildman–Crippen MR) is 111 cm³/mol. The van der Waals surface area contributed by atoms with Gasteiger partial charge in [-0.3, -0.25) is 4.79 Å². The van der Waals surface area contributed by atoms with Gasteiger partial charge in [-0.25, -0.2) is 0 Å². The second-order valence-corrected chi connectivity index (χ2v) is 8.82. The summed E-state index contributed by atoms with van der Waals surface area (Å²) in [5, 5.41) is 4.29. The Balaban J connectivity index is 1.39. The number of nitrogens with zero attached hydrogens (tertiary/aromatic N) is 3. The highest BCUT2D eigenvalue weighted by molar-refractivity contribution is 7.15. The first-order valence-electron chi connectivity index (χ1n) is 10.2. The van der Waals surface area contributed by atoms with Crippen molar-refractivity contribution in [2.45, 2.75) is 32.1 Å². The number of nitrogens with one attached hydrogen (secondary N) is 1. The van der Waals surface area contributed by atoms with E-state index in [1.165, 1.54) is 23.3 Å². The number of carbonyl (C=O) groups is 1. The Morgan fingerprint density at radius 3 is 2.63 bits per heavy atom. The van der Waals surface area contributed by atoms with Crippen LogP contribution in [-0.4, -0.2) is 66.6 Å². The van der Waals surface area contributed by atoms with Gasteiger partial charge in [0.05, 0.1) is 5.56 Å². The molecule has 4 rings (SSSR count). The fourth-order valence-electron chi connectivity index (χ4n) is 4.10. The summed E-state index contributed by atoms with van der Waals surface area (Å²) in [5.74, 6) is 0.108. The molecule has 5 nitrogen and oxygen atoms in total. The second kappa shape index (κ2) is 8.59. The number of piperazine rings is 1. The number of rotatable bonds is 6. The van der Waals surface area contributed by atoms with Crippen molar-refractivity contribution in [3.63, 3.8) is 0 Å². The van der Waals surface area contributed by atoms with Crippen molar-refractivity contribution in [2.75, 3.05) is 46.3 Å². The number of fused-ring (bicyclic) bond motifs is 1. The molecule has 146 valence electrons. The number of hydrogen-bond donors (Lipinski definition) is 1. The van der Waals surface area contributed by atoms with Gasteiger partial charge in [-0.1, -0.05) is 0 Å². The normalized spacial score (nSPS) is 18.4. The Bertz CT molecular complexity index is 759. The zero-order valence-electron chi connectivity index (χ0n) is 16.2. The zero-order chi connectivity index (χ0) is 18.6. The monoisotopic (exact) mass is 386 g/mol. The summed E-state index contributed by atoms with van der Waals surface area (Å²) in [4.78, 5) is 19.3. The molecular weight excluding hydrogens is 356 g/mol. The summed E-state index contributed by atoms with van der Waals surface area (Å²) in [6.45, 7) is 6.39. The van der Waals surface area contributed by atoms with Crippen LogP contribution in [0.5, 0.6) is 0 Å². The molecule has 2 aromatic heterocycles. The minimum Gasteiger partial charge on any atom is -0.352 e. The average molecular weight is 387 g/mol. The highest BCUT2D eigenvalue weighted by Crippen LogP contribution is 2.36. The van der Waals surface area contributed by atoms with Gasteiger partial charge in [0, 0.05) is 50.0 Å². The minimum atomic E-state index is 0.108. The van der Waals surface area contributed by atoms with Crippen molar-refractivity contribution in [1.29, 1.82) is 0 Å². The lowest BCUT2D eigenvalue weighted by Crippen LogP contribution is -2.45. The van der Waals surface area contributed by atoms with Crippen LogP contribution >= 0.6 is 11.3 Å². The van der Waals surface area contributed by atoms with E-state index in [1.54, 1.807) is 11.3 Å². The maximum absolute atomic E-state index is 13.0. The standard InChI is InChI=1S/C21H30N4OS/c1-23-13-15-24(16-14-23)10-6-9-22-20(26)19-17-7-2-3-8-18(17)27-21(19)25-11-4-5-12-25/h4-5,11-12H,2-3,6-10,13-16H2,1H3,(H,22,26). The van der Waals surface area contributed by atoms with Crippen LogP contribution in [0.25, 0.3) is 5.00 Å². The van der Waals surface area contributed by atoms with E-state index in [9.17, 15) is 4.79 Å². The van der Waals surface area contributed by atoms with Crippen molar-refractivity contribution in [3.05, 3.63) is 40.5 Å². The minimum absolute atomic E-state index is 0.108. The first-order chi connectivity index (χ1) is 13.2. The van der Waals surface area contributed by atoms with E-state index in [4.69, 9.17) is 0 Å². The zero-order valence-corrected chi connectivity index (χ0v) is 17.1. The van der Waals surface area contributed by atoms with E-state index in [1.807, 2.05) is 24.5 Å². The average Bonchev–Trinajstić information content (AvgIpc) is 3.34. The van der Waals surface area contributed by atoms with Gasteiger partial charge >= 0.3 is 0 Å². The van der Waals surface area contributed by atoms with E-state index in [2.05, 4.69) is 26.7 Å². The molecule has 0 radical (unpaired) electrons. The van der Waals surface area contributed by atoms with Crippen LogP contribution in [0.4, 0.5) is 0 Å². The number of thiophene rings is 1. The number of carbonyl (C=O) groups excluding carboxylic acids is 1. The molecule has 1 aliphatic heterocycles. The van der Waals surface area contributed by atoms with Gasteiger partial charge in [0.1, 0.15) is 5.00 Å². The fraction of sp³-hybridized carbons (Fsp3) is 0.571. The fourth-order valence-corrected chi connectivity index (χ4v) is 5.45. The quantitative estimate of drug-likeness (QED) is 0.776. The lowest BCUT2D eigenvalue weighted by Gasteiger charge is -2.32. The lowest BCUT2D eigenvalue weighted by atomic mass is 9.95. The molecule has 0 aromatic carbocycles. The molecule has 0 saturated carbocycles. The molecule has 1 amide bonds. The molecule has 1 saturated heterocycles. The molecule has 3 heterocycles. The molecule has 1 fully saturated rings. The van der Waals surface area contributed by atoms with Crippen molar-refractivity contribution in [2.24, 2.45) is 0 Å². The third-order valence-electron chi connectivity index (χ3n) is 5.75. The molecule has 27 heavy (non-hydrogen) atoms. The van der Waals surface area contributed by atoms with E-state index < -0.39 is 0 Å². The third-order valence-corrected chi connectivity index (χ3v) is 7.06. The number of amides is 1. The molecule has 1 N–H and O–H groups in total. The first-order valence-corrected chi connectivity index (χ1v) is 11.0. The largest absolute Gasteiger partial charge is 0.352 e. The smallest absolute Gasteiger partial charge is 0.254 e. The van der Waals surface area contributed by atoms with Crippen molar-refractivity contribution in [3.8, 4) is 5.00 Å². The SMILES string of the molecule is CN1CCN(CCCNC(=O)c2c(-n3cccc3)sc3c2CCCC3)CC1. The number of aromatic nitrogens is 1. The van der Waals surface area contributed by atoms with E-state index >= 15 is 0 Å². The highest BCUT2D eigenvalue weighted by atomic mass is 32.1. The van der Waals surface area contributed by atoms with Gasteiger partial charge < -0.3 is 19.7 Å². The molecule has 6 heteroatoms. The summed E-state index contributed by atoms with van der Waals surface area (Å²) in [5.41, 5.74) is 2.22. The maximum Gasteiger partial charge on any atom is 0.254 e.